The molecule has 1 aliphatic heterocycles. The molecule has 0 aromatic carbocycles. The number of H-pyrrole nitrogens is 1. The predicted octanol–water partition coefficient (Wildman–Crippen LogP) is -1.85. The van der Waals surface area contributed by atoms with Gasteiger partial charge in [0.15, 0.2) is 5.95 Å². The number of nitrogens with one attached hydrogen (secondary N) is 1. The quantitative estimate of drug-likeness (QED) is 0.394. The van der Waals surface area contributed by atoms with E-state index in [0.717, 1.165) is 0 Å². The second-order valence-electron chi connectivity index (χ2n) is 3.48. The first-order valence-corrected chi connectivity index (χ1v) is 4.56. The van der Waals surface area contributed by atoms with Crippen molar-refractivity contribution in [3.63, 3.8) is 0 Å². The minimum Gasteiger partial charge on any atom is -0.394 e. The third-order valence-electron chi connectivity index (χ3n) is 2.46. The number of anilines is 1. The molecule has 15 heavy (non-hydrogen) atoms. The fourth-order valence-electron chi connectivity index (χ4n) is 1.65. The maximum Gasteiger partial charge on any atom is 0.197 e. The predicted molar refractivity (Wildman–Crippen MR) is 49.7 cm³/mol. The summed E-state index contributed by atoms with van der Waals surface area (Å²) >= 11 is 0. The van der Waals surface area contributed by atoms with Crippen molar-refractivity contribution in [1.29, 1.82) is 0 Å². The van der Waals surface area contributed by atoms with E-state index in [4.69, 9.17) is 15.6 Å². The van der Waals surface area contributed by atoms with Crippen molar-refractivity contribution in [2.75, 3.05) is 12.3 Å². The van der Waals surface area contributed by atoms with E-state index in [2.05, 4.69) is 9.97 Å². The fraction of sp³-hybridized carbons (Fsp3) is 0.625. The standard InChI is InChI=1S/C8H13N3O4/c9-8-10-1-3(11-8)7-6(14)5(13)4(2-12)15-7/h1,4-7,12-14H,2H2,(H3,9,10,11)/t4-,5-,6-,7?/m1/s1. The molecule has 0 radical (unpaired) electrons. The molecule has 0 saturated carbocycles. The van der Waals surface area contributed by atoms with Gasteiger partial charge in [-0.25, -0.2) is 4.98 Å². The van der Waals surface area contributed by atoms with Crippen LogP contribution in [0, 0.1) is 0 Å². The van der Waals surface area contributed by atoms with Gasteiger partial charge in [-0.2, -0.15) is 0 Å². The molecule has 4 atom stereocenters. The van der Waals surface area contributed by atoms with Crippen LogP contribution in [0.25, 0.3) is 0 Å². The summed E-state index contributed by atoms with van der Waals surface area (Å²) in [6.45, 7) is -0.349. The number of ether oxygens (including phenoxy) is 1. The van der Waals surface area contributed by atoms with Crippen molar-refractivity contribution < 1.29 is 20.1 Å². The SMILES string of the molecule is Nc1ncc(C2O[C@H](CO)[C@@H](O)[C@H]2O)[nH]1. The number of aromatic nitrogens is 2. The topological polar surface area (TPSA) is 125 Å². The summed E-state index contributed by atoms with van der Waals surface area (Å²) in [6.07, 6.45) is -2.29. The van der Waals surface area contributed by atoms with Gasteiger partial charge in [-0.05, 0) is 0 Å². The highest BCUT2D eigenvalue weighted by Gasteiger charge is 2.43. The monoisotopic (exact) mass is 215 g/mol. The molecule has 0 amide bonds. The zero-order chi connectivity index (χ0) is 11.0. The number of nitrogens with zero attached hydrogens (tertiary/aromatic N) is 1. The van der Waals surface area contributed by atoms with Gasteiger partial charge in [0.05, 0.1) is 18.5 Å². The number of aliphatic hydroxyl groups excluding tert-OH is 3. The van der Waals surface area contributed by atoms with Gasteiger partial charge >= 0.3 is 0 Å². The molecule has 1 aromatic heterocycles. The number of hydrogen-bond donors (Lipinski definition) is 5. The first kappa shape index (κ1) is 10.4. The highest BCUT2D eigenvalue weighted by atomic mass is 16.6. The Labute approximate surface area is 85.5 Å². The van der Waals surface area contributed by atoms with Crippen LogP contribution in [0.2, 0.25) is 0 Å². The Morgan fingerprint density at radius 3 is 2.67 bits per heavy atom. The van der Waals surface area contributed by atoms with Crippen LogP contribution in [0.15, 0.2) is 6.20 Å². The van der Waals surface area contributed by atoms with Gasteiger partial charge in [-0.1, -0.05) is 0 Å². The van der Waals surface area contributed by atoms with Crippen LogP contribution in [-0.2, 0) is 4.74 Å². The van der Waals surface area contributed by atoms with E-state index in [-0.39, 0.29) is 12.6 Å². The summed E-state index contributed by atoms with van der Waals surface area (Å²) in [5, 5.41) is 28.0. The molecule has 2 heterocycles. The molecular formula is C8H13N3O4. The molecule has 1 aliphatic rings. The largest absolute Gasteiger partial charge is 0.394 e. The second-order valence-corrected chi connectivity index (χ2v) is 3.48. The molecule has 7 nitrogen and oxygen atoms in total. The number of nitrogen functional groups attached to an aromatic ring is 1. The van der Waals surface area contributed by atoms with Crippen molar-refractivity contribution in [1.82, 2.24) is 9.97 Å². The van der Waals surface area contributed by atoms with Crippen LogP contribution in [0.1, 0.15) is 11.8 Å². The van der Waals surface area contributed by atoms with Crippen LogP contribution < -0.4 is 5.73 Å². The molecule has 2 rings (SSSR count). The van der Waals surface area contributed by atoms with Gasteiger partial charge in [0.25, 0.3) is 0 Å². The van der Waals surface area contributed by atoms with Gasteiger partial charge in [0.2, 0.25) is 0 Å². The molecule has 0 spiro atoms. The van der Waals surface area contributed by atoms with Crippen LogP contribution in [0.5, 0.6) is 0 Å². The van der Waals surface area contributed by atoms with Crippen LogP contribution in [0.3, 0.4) is 0 Å². The maximum atomic E-state index is 9.65. The highest BCUT2D eigenvalue weighted by Crippen LogP contribution is 2.32. The first-order valence-electron chi connectivity index (χ1n) is 4.56. The normalized spacial score (nSPS) is 35.9. The molecule has 7 heteroatoms. The van der Waals surface area contributed by atoms with Crippen molar-refractivity contribution in [3.8, 4) is 0 Å². The molecule has 0 bridgehead atoms. The lowest BCUT2D eigenvalue weighted by Crippen LogP contribution is -2.32. The summed E-state index contributed by atoms with van der Waals surface area (Å²) in [4.78, 5) is 6.46. The Balaban J connectivity index is 2.18. The Morgan fingerprint density at radius 2 is 2.20 bits per heavy atom. The average Bonchev–Trinajstić information content (AvgIpc) is 2.74. The van der Waals surface area contributed by atoms with Crippen molar-refractivity contribution in [2.24, 2.45) is 0 Å². The lowest BCUT2D eigenvalue weighted by molar-refractivity contribution is -0.0238. The second kappa shape index (κ2) is 3.78. The van der Waals surface area contributed by atoms with Crippen LogP contribution >= 0.6 is 0 Å². The fourth-order valence-corrected chi connectivity index (χ4v) is 1.65. The van der Waals surface area contributed by atoms with E-state index in [1.165, 1.54) is 6.20 Å². The van der Waals surface area contributed by atoms with Crippen molar-refractivity contribution in [2.45, 2.75) is 24.4 Å². The zero-order valence-corrected chi connectivity index (χ0v) is 7.87. The molecule has 1 unspecified atom stereocenters. The van der Waals surface area contributed by atoms with E-state index in [9.17, 15) is 10.2 Å². The van der Waals surface area contributed by atoms with E-state index in [0.29, 0.717) is 5.69 Å². The Bertz CT molecular complexity index is 342. The third-order valence-corrected chi connectivity index (χ3v) is 2.46. The minimum absolute atomic E-state index is 0.211. The number of aliphatic hydroxyl groups is 3. The Hall–Kier alpha value is -1.15. The highest BCUT2D eigenvalue weighted by molar-refractivity contribution is 5.21. The zero-order valence-electron chi connectivity index (χ0n) is 7.87. The van der Waals surface area contributed by atoms with E-state index in [1.54, 1.807) is 0 Å². The summed E-state index contributed by atoms with van der Waals surface area (Å²) < 4.78 is 5.26. The van der Waals surface area contributed by atoms with Crippen molar-refractivity contribution in [3.05, 3.63) is 11.9 Å². The lowest BCUT2D eigenvalue weighted by Gasteiger charge is -2.11. The minimum atomic E-state index is -1.11. The summed E-state index contributed by atoms with van der Waals surface area (Å²) in [5.41, 5.74) is 5.86. The number of hydrogen-bond acceptors (Lipinski definition) is 6. The van der Waals surface area contributed by atoms with Gasteiger partial charge in [0, 0.05) is 0 Å². The van der Waals surface area contributed by atoms with Gasteiger partial charge in [0.1, 0.15) is 24.4 Å². The van der Waals surface area contributed by atoms with Crippen LogP contribution in [0.4, 0.5) is 5.95 Å². The van der Waals surface area contributed by atoms with Crippen molar-refractivity contribution >= 4 is 5.95 Å². The molecule has 84 valence electrons. The Morgan fingerprint density at radius 1 is 1.47 bits per heavy atom. The third kappa shape index (κ3) is 1.70. The molecular weight excluding hydrogens is 202 g/mol. The lowest BCUT2D eigenvalue weighted by atomic mass is 10.1. The van der Waals surface area contributed by atoms with Crippen LogP contribution in [-0.4, -0.2) is 50.2 Å². The summed E-state index contributed by atoms with van der Waals surface area (Å²) in [7, 11) is 0. The smallest absolute Gasteiger partial charge is 0.197 e. The van der Waals surface area contributed by atoms with E-state index in [1.807, 2.05) is 0 Å². The molecule has 1 fully saturated rings. The number of rotatable bonds is 2. The van der Waals surface area contributed by atoms with E-state index < -0.39 is 24.4 Å². The average molecular weight is 215 g/mol. The molecule has 6 N–H and O–H groups in total. The molecule has 1 saturated heterocycles. The number of aromatic amines is 1. The van der Waals surface area contributed by atoms with Gasteiger partial charge in [-0.3, -0.25) is 0 Å². The number of nitrogens with two attached hydrogens (primary N) is 1. The molecule has 1 aromatic rings. The first-order chi connectivity index (χ1) is 7.13. The maximum absolute atomic E-state index is 9.65. The number of imidazole rings is 1. The van der Waals surface area contributed by atoms with Gasteiger partial charge < -0.3 is 30.8 Å². The summed E-state index contributed by atoms with van der Waals surface area (Å²) in [6, 6.07) is 0. The Kier molecular flexibility index (Phi) is 2.61. The van der Waals surface area contributed by atoms with E-state index >= 15 is 0 Å². The molecule has 0 aliphatic carbocycles. The summed E-state index contributed by atoms with van der Waals surface area (Å²) in [5.74, 6) is 0.211. The van der Waals surface area contributed by atoms with Gasteiger partial charge in [-0.15, -0.1) is 0 Å².